The molecule has 1 rings (SSSR count). The Hall–Kier alpha value is -1.75. The molecule has 0 saturated heterocycles. The minimum atomic E-state index is -0.409. The summed E-state index contributed by atoms with van der Waals surface area (Å²) in [6.45, 7) is 2.09. The molecule has 1 unspecified atom stereocenters. The number of carbonyl (C=O) groups excluding carboxylic acids is 1. The number of aliphatic hydroxyl groups is 1. The molecule has 1 atom stereocenters. The number of benzene rings is 1. The minimum absolute atomic E-state index is 0.0380. The number of amides is 1. The van der Waals surface area contributed by atoms with E-state index in [0.717, 1.165) is 0 Å². The molecule has 17 heavy (non-hydrogen) atoms. The van der Waals surface area contributed by atoms with Gasteiger partial charge in [-0.05, 0) is 37.6 Å². The van der Waals surface area contributed by atoms with Crippen LogP contribution in [0.5, 0.6) is 5.75 Å². The van der Waals surface area contributed by atoms with Crippen LogP contribution in [0.4, 0.5) is 5.69 Å². The lowest BCUT2D eigenvalue weighted by Gasteiger charge is -2.08. The Morgan fingerprint density at radius 2 is 2.12 bits per heavy atom. The molecule has 0 aliphatic heterocycles. The van der Waals surface area contributed by atoms with Crippen LogP contribution in [0.25, 0.3) is 0 Å². The van der Waals surface area contributed by atoms with E-state index in [0.29, 0.717) is 24.4 Å². The third-order valence-electron chi connectivity index (χ3n) is 2.13. The highest BCUT2D eigenvalue weighted by Gasteiger charge is 2.03. The van der Waals surface area contributed by atoms with Crippen LogP contribution in [-0.4, -0.2) is 30.3 Å². The number of hydrogen-bond acceptors (Lipinski definition) is 4. The predicted molar refractivity (Wildman–Crippen MR) is 65.7 cm³/mol. The number of aliphatic hydroxyl groups excluding tert-OH is 1. The van der Waals surface area contributed by atoms with Gasteiger partial charge in [0.1, 0.15) is 5.75 Å². The second-order valence-electron chi connectivity index (χ2n) is 3.85. The highest BCUT2D eigenvalue weighted by Crippen LogP contribution is 2.12. The molecule has 0 radical (unpaired) electrons. The minimum Gasteiger partial charge on any atom is -0.484 e. The summed E-state index contributed by atoms with van der Waals surface area (Å²) in [5.74, 6) is 0.396. The van der Waals surface area contributed by atoms with E-state index < -0.39 is 6.10 Å². The number of carbonyl (C=O) groups is 1. The van der Waals surface area contributed by atoms with Crippen molar-refractivity contribution in [3.05, 3.63) is 24.3 Å². The van der Waals surface area contributed by atoms with E-state index in [1.54, 1.807) is 31.2 Å². The van der Waals surface area contributed by atoms with Gasteiger partial charge >= 0.3 is 0 Å². The molecule has 0 saturated carbocycles. The van der Waals surface area contributed by atoms with E-state index in [2.05, 4.69) is 5.32 Å². The summed E-state index contributed by atoms with van der Waals surface area (Å²) in [5, 5.41) is 11.7. The molecule has 1 aromatic carbocycles. The molecule has 0 bridgehead atoms. The molecule has 0 aliphatic rings. The summed E-state index contributed by atoms with van der Waals surface area (Å²) in [6.07, 6.45) is 0.126. The van der Waals surface area contributed by atoms with Gasteiger partial charge in [0.2, 0.25) is 0 Å². The van der Waals surface area contributed by atoms with Crippen LogP contribution >= 0.6 is 0 Å². The normalized spacial score (nSPS) is 11.9. The maximum absolute atomic E-state index is 11.3. The van der Waals surface area contributed by atoms with Crippen molar-refractivity contribution in [3.8, 4) is 5.75 Å². The zero-order valence-corrected chi connectivity index (χ0v) is 9.85. The molecular weight excluding hydrogens is 220 g/mol. The molecule has 0 aromatic heterocycles. The van der Waals surface area contributed by atoms with Crippen molar-refractivity contribution in [2.75, 3.05) is 18.9 Å². The fourth-order valence-corrected chi connectivity index (χ4v) is 1.18. The quantitative estimate of drug-likeness (QED) is 0.631. The van der Waals surface area contributed by atoms with Crippen molar-refractivity contribution >= 4 is 11.6 Å². The van der Waals surface area contributed by atoms with Gasteiger partial charge in [0.25, 0.3) is 5.91 Å². The average Bonchev–Trinajstić information content (AvgIpc) is 2.28. The van der Waals surface area contributed by atoms with E-state index in [1.165, 1.54) is 0 Å². The summed E-state index contributed by atoms with van der Waals surface area (Å²) in [5.41, 5.74) is 6.17. The zero-order valence-electron chi connectivity index (χ0n) is 9.85. The van der Waals surface area contributed by atoms with Gasteiger partial charge in [0.15, 0.2) is 6.61 Å². The standard InChI is InChI=1S/C12H18N2O3/c1-9(15)6-7-14-12(16)8-17-11-4-2-10(13)3-5-11/h2-5,9,15H,6-8,13H2,1H3,(H,14,16). The molecule has 0 aliphatic carbocycles. The zero-order chi connectivity index (χ0) is 12.7. The highest BCUT2D eigenvalue weighted by atomic mass is 16.5. The lowest BCUT2D eigenvalue weighted by atomic mass is 10.3. The molecule has 94 valence electrons. The second kappa shape index (κ2) is 6.75. The molecule has 5 heteroatoms. The molecule has 1 aromatic rings. The van der Waals surface area contributed by atoms with Crippen molar-refractivity contribution in [2.24, 2.45) is 0 Å². The van der Waals surface area contributed by atoms with Gasteiger partial charge in [-0.15, -0.1) is 0 Å². The Bertz CT molecular complexity index is 349. The number of nitrogens with two attached hydrogens (primary N) is 1. The van der Waals surface area contributed by atoms with E-state index in [-0.39, 0.29) is 12.5 Å². The third kappa shape index (κ3) is 5.77. The van der Waals surface area contributed by atoms with Crippen molar-refractivity contribution in [3.63, 3.8) is 0 Å². The first kappa shape index (κ1) is 13.3. The Labute approximate surface area is 101 Å². The summed E-state index contributed by atoms with van der Waals surface area (Å²) >= 11 is 0. The average molecular weight is 238 g/mol. The van der Waals surface area contributed by atoms with Gasteiger partial charge in [-0.2, -0.15) is 0 Å². The van der Waals surface area contributed by atoms with Gasteiger partial charge in [-0.25, -0.2) is 0 Å². The lowest BCUT2D eigenvalue weighted by Crippen LogP contribution is -2.31. The van der Waals surface area contributed by atoms with E-state index in [1.807, 2.05) is 0 Å². The van der Waals surface area contributed by atoms with E-state index in [4.69, 9.17) is 15.6 Å². The monoisotopic (exact) mass is 238 g/mol. The van der Waals surface area contributed by atoms with Crippen LogP contribution in [-0.2, 0) is 4.79 Å². The van der Waals surface area contributed by atoms with Crippen LogP contribution in [0.15, 0.2) is 24.3 Å². The number of rotatable bonds is 6. The van der Waals surface area contributed by atoms with Gasteiger partial charge in [-0.3, -0.25) is 4.79 Å². The molecule has 5 nitrogen and oxygen atoms in total. The molecule has 0 fully saturated rings. The van der Waals surface area contributed by atoms with Crippen LogP contribution < -0.4 is 15.8 Å². The predicted octanol–water partition coefficient (Wildman–Crippen LogP) is 0.535. The summed E-state index contributed by atoms with van der Waals surface area (Å²) in [7, 11) is 0. The maximum Gasteiger partial charge on any atom is 0.257 e. The first-order valence-corrected chi connectivity index (χ1v) is 5.51. The fraction of sp³-hybridized carbons (Fsp3) is 0.417. The van der Waals surface area contributed by atoms with Gasteiger partial charge in [0.05, 0.1) is 6.10 Å². The summed E-state index contributed by atoms with van der Waals surface area (Å²) in [4.78, 5) is 11.3. The largest absolute Gasteiger partial charge is 0.484 e. The van der Waals surface area contributed by atoms with Crippen molar-refractivity contribution in [1.29, 1.82) is 0 Å². The van der Waals surface area contributed by atoms with Gasteiger partial charge in [-0.1, -0.05) is 0 Å². The Kier molecular flexibility index (Phi) is 5.29. The number of nitrogen functional groups attached to an aromatic ring is 1. The summed E-state index contributed by atoms with van der Waals surface area (Å²) in [6, 6.07) is 6.83. The lowest BCUT2D eigenvalue weighted by molar-refractivity contribution is -0.123. The first-order chi connectivity index (χ1) is 8.08. The van der Waals surface area contributed by atoms with E-state index in [9.17, 15) is 4.79 Å². The van der Waals surface area contributed by atoms with Crippen LogP contribution in [0.1, 0.15) is 13.3 Å². The number of ether oxygens (including phenoxy) is 1. The van der Waals surface area contributed by atoms with Crippen molar-refractivity contribution in [1.82, 2.24) is 5.32 Å². The summed E-state index contributed by atoms with van der Waals surface area (Å²) < 4.78 is 5.25. The fourth-order valence-electron chi connectivity index (χ4n) is 1.18. The van der Waals surface area contributed by atoms with Crippen LogP contribution in [0, 0.1) is 0 Å². The molecule has 0 spiro atoms. The van der Waals surface area contributed by atoms with Gasteiger partial charge < -0.3 is 20.9 Å². The molecule has 1 amide bonds. The molecular formula is C12H18N2O3. The third-order valence-corrected chi connectivity index (χ3v) is 2.13. The number of anilines is 1. The highest BCUT2D eigenvalue weighted by molar-refractivity contribution is 5.77. The molecule has 4 N–H and O–H groups in total. The van der Waals surface area contributed by atoms with Crippen LogP contribution in [0.3, 0.4) is 0 Å². The topological polar surface area (TPSA) is 84.6 Å². The second-order valence-corrected chi connectivity index (χ2v) is 3.85. The van der Waals surface area contributed by atoms with E-state index >= 15 is 0 Å². The Morgan fingerprint density at radius 3 is 2.71 bits per heavy atom. The van der Waals surface area contributed by atoms with Gasteiger partial charge in [0, 0.05) is 12.2 Å². The first-order valence-electron chi connectivity index (χ1n) is 5.51. The number of nitrogens with one attached hydrogen (secondary N) is 1. The number of hydrogen-bond donors (Lipinski definition) is 3. The van der Waals surface area contributed by atoms with Crippen LogP contribution in [0.2, 0.25) is 0 Å². The van der Waals surface area contributed by atoms with Crippen molar-refractivity contribution < 1.29 is 14.6 Å². The SMILES string of the molecule is CC(O)CCNC(=O)COc1ccc(N)cc1. The smallest absolute Gasteiger partial charge is 0.257 e. The Morgan fingerprint density at radius 1 is 1.47 bits per heavy atom. The van der Waals surface area contributed by atoms with Crippen molar-refractivity contribution in [2.45, 2.75) is 19.4 Å². The Balaban J connectivity index is 2.21. The maximum atomic E-state index is 11.3. The molecule has 0 heterocycles.